The molecule has 0 aliphatic heterocycles. The van der Waals surface area contributed by atoms with Gasteiger partial charge in [0.05, 0.1) is 13.7 Å². The molecule has 2 aromatic rings. The van der Waals surface area contributed by atoms with Gasteiger partial charge in [-0.05, 0) is 44.5 Å². The zero-order valence-electron chi connectivity index (χ0n) is 15.1. The van der Waals surface area contributed by atoms with Crippen molar-refractivity contribution < 1.29 is 19.1 Å². The molecule has 0 saturated heterocycles. The van der Waals surface area contributed by atoms with Crippen molar-refractivity contribution in [2.45, 2.75) is 27.3 Å². The Bertz CT molecular complexity index is 752. The summed E-state index contributed by atoms with van der Waals surface area (Å²) in [5.41, 5.74) is 1.85. The topological polar surface area (TPSA) is 71.6 Å². The second kappa shape index (κ2) is 8.37. The van der Waals surface area contributed by atoms with Crippen molar-refractivity contribution in [2.75, 3.05) is 20.3 Å². The van der Waals surface area contributed by atoms with Crippen molar-refractivity contribution in [1.82, 2.24) is 9.88 Å². The van der Waals surface area contributed by atoms with Crippen LogP contribution in [0.4, 0.5) is 0 Å². The molecule has 1 N–H and O–H groups in total. The SMILES string of the molecule is CCOc1ccc(CN(CC)C(=O)c2cc(C(C)=O)c[nH]2)cc1OC. The van der Waals surface area contributed by atoms with Gasteiger partial charge in [0.15, 0.2) is 17.3 Å². The Balaban J connectivity index is 2.17. The van der Waals surface area contributed by atoms with Crippen LogP contribution < -0.4 is 9.47 Å². The Morgan fingerprint density at radius 3 is 2.48 bits per heavy atom. The highest BCUT2D eigenvalue weighted by atomic mass is 16.5. The molecule has 25 heavy (non-hydrogen) atoms. The van der Waals surface area contributed by atoms with E-state index < -0.39 is 0 Å². The van der Waals surface area contributed by atoms with Crippen LogP contribution in [0.3, 0.4) is 0 Å². The van der Waals surface area contributed by atoms with E-state index in [2.05, 4.69) is 4.98 Å². The number of rotatable bonds is 8. The second-order valence-corrected chi connectivity index (χ2v) is 5.60. The molecule has 1 amide bonds. The monoisotopic (exact) mass is 344 g/mol. The predicted molar refractivity (Wildman–Crippen MR) is 95.4 cm³/mol. The lowest BCUT2D eigenvalue weighted by atomic mass is 10.1. The summed E-state index contributed by atoms with van der Waals surface area (Å²) >= 11 is 0. The van der Waals surface area contributed by atoms with E-state index in [1.54, 1.807) is 24.3 Å². The van der Waals surface area contributed by atoms with Gasteiger partial charge in [-0.2, -0.15) is 0 Å². The van der Waals surface area contributed by atoms with E-state index in [-0.39, 0.29) is 11.7 Å². The van der Waals surface area contributed by atoms with E-state index >= 15 is 0 Å². The number of hydrogen-bond acceptors (Lipinski definition) is 4. The minimum absolute atomic E-state index is 0.0744. The van der Waals surface area contributed by atoms with Crippen molar-refractivity contribution in [3.8, 4) is 11.5 Å². The summed E-state index contributed by atoms with van der Waals surface area (Å²) < 4.78 is 10.9. The summed E-state index contributed by atoms with van der Waals surface area (Å²) in [4.78, 5) is 28.6. The molecule has 6 heteroatoms. The molecule has 0 aliphatic rings. The van der Waals surface area contributed by atoms with Gasteiger partial charge in [0.25, 0.3) is 5.91 Å². The number of Topliss-reactive ketones (excluding diaryl/α,β-unsaturated/α-hetero) is 1. The molecule has 0 fully saturated rings. The maximum atomic E-state index is 12.7. The Morgan fingerprint density at radius 2 is 1.92 bits per heavy atom. The second-order valence-electron chi connectivity index (χ2n) is 5.60. The minimum atomic E-state index is -0.150. The Hall–Kier alpha value is -2.76. The summed E-state index contributed by atoms with van der Waals surface area (Å²) in [7, 11) is 1.59. The van der Waals surface area contributed by atoms with Gasteiger partial charge in [0.2, 0.25) is 0 Å². The van der Waals surface area contributed by atoms with Crippen LogP contribution >= 0.6 is 0 Å². The fourth-order valence-corrected chi connectivity index (χ4v) is 2.52. The normalized spacial score (nSPS) is 10.4. The fraction of sp³-hybridized carbons (Fsp3) is 0.368. The number of aromatic amines is 1. The Labute approximate surface area is 147 Å². The largest absolute Gasteiger partial charge is 0.493 e. The van der Waals surface area contributed by atoms with Crippen molar-refractivity contribution in [2.24, 2.45) is 0 Å². The lowest BCUT2D eigenvalue weighted by Gasteiger charge is -2.21. The quantitative estimate of drug-likeness (QED) is 0.746. The van der Waals surface area contributed by atoms with Crippen molar-refractivity contribution in [3.63, 3.8) is 0 Å². The highest BCUT2D eigenvalue weighted by Crippen LogP contribution is 2.28. The van der Waals surface area contributed by atoms with Crippen LogP contribution in [0.15, 0.2) is 30.5 Å². The van der Waals surface area contributed by atoms with Crippen LogP contribution in [0.25, 0.3) is 0 Å². The van der Waals surface area contributed by atoms with Crippen molar-refractivity contribution in [3.05, 3.63) is 47.3 Å². The molecule has 0 radical (unpaired) electrons. The van der Waals surface area contributed by atoms with E-state index in [4.69, 9.17) is 9.47 Å². The molecular weight excluding hydrogens is 320 g/mol. The van der Waals surface area contributed by atoms with Gasteiger partial charge >= 0.3 is 0 Å². The lowest BCUT2D eigenvalue weighted by Crippen LogP contribution is -2.30. The molecular formula is C19H24N2O4. The number of aromatic nitrogens is 1. The van der Waals surface area contributed by atoms with Crippen LogP contribution in [0.5, 0.6) is 11.5 Å². The van der Waals surface area contributed by atoms with E-state index in [0.29, 0.717) is 42.5 Å². The van der Waals surface area contributed by atoms with E-state index in [9.17, 15) is 9.59 Å². The highest BCUT2D eigenvalue weighted by molar-refractivity contribution is 5.99. The molecule has 0 atom stereocenters. The van der Waals surface area contributed by atoms with Gasteiger partial charge in [-0.3, -0.25) is 9.59 Å². The first-order valence-electron chi connectivity index (χ1n) is 8.28. The molecule has 2 rings (SSSR count). The van der Waals surface area contributed by atoms with Gasteiger partial charge in [-0.1, -0.05) is 6.07 Å². The maximum absolute atomic E-state index is 12.7. The number of amides is 1. The number of nitrogens with one attached hydrogen (secondary N) is 1. The molecule has 6 nitrogen and oxygen atoms in total. The molecule has 1 aromatic heterocycles. The Morgan fingerprint density at radius 1 is 1.16 bits per heavy atom. The Kier molecular flexibility index (Phi) is 6.22. The summed E-state index contributed by atoms with van der Waals surface area (Å²) in [5, 5.41) is 0. The number of hydrogen-bond donors (Lipinski definition) is 1. The van der Waals surface area contributed by atoms with Crippen LogP contribution in [0.1, 0.15) is 47.2 Å². The van der Waals surface area contributed by atoms with E-state index in [1.165, 1.54) is 6.92 Å². The number of ether oxygens (including phenoxy) is 2. The first kappa shape index (κ1) is 18.6. The number of nitrogens with zero attached hydrogens (tertiary/aromatic N) is 1. The van der Waals surface area contributed by atoms with Crippen molar-refractivity contribution in [1.29, 1.82) is 0 Å². The highest BCUT2D eigenvalue weighted by Gasteiger charge is 2.18. The first-order valence-corrected chi connectivity index (χ1v) is 8.28. The summed E-state index contributed by atoms with van der Waals surface area (Å²) in [6, 6.07) is 7.22. The van der Waals surface area contributed by atoms with Crippen LogP contribution in [0.2, 0.25) is 0 Å². The van der Waals surface area contributed by atoms with E-state index in [1.807, 2.05) is 32.0 Å². The zero-order valence-corrected chi connectivity index (χ0v) is 15.1. The zero-order chi connectivity index (χ0) is 18.4. The van der Waals surface area contributed by atoms with Gasteiger partial charge in [-0.15, -0.1) is 0 Å². The van der Waals surface area contributed by atoms with Crippen LogP contribution in [-0.4, -0.2) is 41.8 Å². The fourth-order valence-electron chi connectivity index (χ4n) is 2.52. The van der Waals surface area contributed by atoms with Gasteiger partial charge < -0.3 is 19.4 Å². The van der Waals surface area contributed by atoms with Crippen molar-refractivity contribution >= 4 is 11.7 Å². The smallest absolute Gasteiger partial charge is 0.270 e. The average molecular weight is 344 g/mol. The van der Waals surface area contributed by atoms with Gasteiger partial charge in [0.1, 0.15) is 5.69 Å². The third-order valence-electron chi connectivity index (χ3n) is 3.89. The standard InChI is InChI=1S/C19H24N2O4/c1-5-21(19(23)16-10-15(11-20-16)13(3)22)12-14-7-8-17(25-6-2)18(9-14)24-4/h7-11,20H,5-6,12H2,1-4H3. The summed E-state index contributed by atoms with van der Waals surface area (Å²) in [5.74, 6) is 1.10. The van der Waals surface area contributed by atoms with Crippen LogP contribution in [0, 0.1) is 0 Å². The molecule has 0 saturated carbocycles. The van der Waals surface area contributed by atoms with E-state index in [0.717, 1.165) is 5.56 Å². The number of ketones is 1. The molecule has 0 spiro atoms. The molecule has 1 aromatic carbocycles. The molecule has 134 valence electrons. The average Bonchev–Trinajstić information content (AvgIpc) is 3.10. The van der Waals surface area contributed by atoms with Gasteiger partial charge in [-0.25, -0.2) is 0 Å². The lowest BCUT2D eigenvalue weighted by molar-refractivity contribution is 0.0747. The molecule has 1 heterocycles. The van der Waals surface area contributed by atoms with Gasteiger partial charge in [0, 0.05) is 24.8 Å². The molecule has 0 unspecified atom stereocenters. The number of carbonyl (C=O) groups excluding carboxylic acids is 2. The number of H-pyrrole nitrogens is 1. The first-order chi connectivity index (χ1) is 12.0. The number of benzene rings is 1. The maximum Gasteiger partial charge on any atom is 0.270 e. The number of carbonyl (C=O) groups is 2. The van der Waals surface area contributed by atoms with Crippen LogP contribution in [-0.2, 0) is 6.54 Å². The predicted octanol–water partition coefficient (Wildman–Crippen LogP) is 3.29. The molecule has 0 aliphatic carbocycles. The summed E-state index contributed by atoms with van der Waals surface area (Å²) in [6.07, 6.45) is 1.56. The summed E-state index contributed by atoms with van der Waals surface area (Å²) in [6.45, 7) is 6.84. The minimum Gasteiger partial charge on any atom is -0.493 e. The third kappa shape index (κ3) is 4.41. The third-order valence-corrected chi connectivity index (χ3v) is 3.89. The number of methoxy groups -OCH3 is 1. The molecule has 0 bridgehead atoms.